The highest BCUT2D eigenvalue weighted by Crippen LogP contribution is 2.14. The Balaban J connectivity index is 2.96. The van der Waals surface area contributed by atoms with E-state index in [-0.39, 0.29) is 5.28 Å². The van der Waals surface area contributed by atoms with E-state index in [2.05, 4.69) is 4.98 Å². The van der Waals surface area contributed by atoms with E-state index in [0.717, 1.165) is 10.8 Å². The van der Waals surface area contributed by atoms with Crippen molar-refractivity contribution in [2.75, 3.05) is 0 Å². The first-order valence-electron chi connectivity index (χ1n) is 3.09. The van der Waals surface area contributed by atoms with Gasteiger partial charge in [0.1, 0.15) is 12.7 Å². The topological polar surface area (TPSA) is 98.3 Å². The molecule has 7 nitrogen and oxygen atoms in total. The zero-order chi connectivity index (χ0) is 10.0. The summed E-state index contributed by atoms with van der Waals surface area (Å²) in [6.45, 7) is -0.445. The van der Waals surface area contributed by atoms with Crippen molar-refractivity contribution in [3.05, 3.63) is 21.6 Å². The number of carbonyl (C=O) groups is 1. The monoisotopic (exact) mass is 205 g/mol. The number of hydrogen-bond acceptors (Lipinski definition) is 4. The Morgan fingerprint density at radius 3 is 2.85 bits per heavy atom. The number of imidazole rings is 1. The predicted octanol–water partition coefficient (Wildman–Crippen LogP) is 0.529. The molecule has 0 fully saturated rings. The Morgan fingerprint density at radius 1 is 1.85 bits per heavy atom. The minimum atomic E-state index is -1.14. The van der Waals surface area contributed by atoms with Crippen molar-refractivity contribution < 1.29 is 14.8 Å². The van der Waals surface area contributed by atoms with Gasteiger partial charge in [-0.05, 0) is 21.5 Å². The Labute approximate surface area is 76.7 Å². The minimum Gasteiger partial charge on any atom is -0.480 e. The van der Waals surface area contributed by atoms with Gasteiger partial charge in [0.05, 0.1) is 0 Å². The summed E-state index contributed by atoms with van der Waals surface area (Å²) >= 11 is 5.42. The van der Waals surface area contributed by atoms with Crippen LogP contribution >= 0.6 is 11.6 Å². The second-order valence-corrected chi connectivity index (χ2v) is 2.48. The fourth-order valence-corrected chi connectivity index (χ4v) is 0.920. The molecule has 0 aliphatic rings. The molecule has 0 amide bonds. The van der Waals surface area contributed by atoms with Crippen molar-refractivity contribution in [3.63, 3.8) is 0 Å². The van der Waals surface area contributed by atoms with Gasteiger partial charge in [-0.3, -0.25) is 9.36 Å². The molecule has 0 unspecified atom stereocenters. The zero-order valence-electron chi connectivity index (χ0n) is 6.18. The van der Waals surface area contributed by atoms with E-state index < -0.39 is 23.3 Å². The van der Waals surface area contributed by atoms with E-state index in [1.807, 2.05) is 0 Å². The molecular formula is C5H4ClN3O4. The average molecular weight is 206 g/mol. The normalized spacial score (nSPS) is 9.92. The van der Waals surface area contributed by atoms with Crippen LogP contribution in [-0.2, 0) is 11.3 Å². The number of nitrogens with zero attached hydrogens (tertiary/aromatic N) is 3. The quantitative estimate of drug-likeness (QED) is 0.573. The van der Waals surface area contributed by atoms with Crippen LogP contribution in [0.4, 0.5) is 5.82 Å². The highest BCUT2D eigenvalue weighted by Gasteiger charge is 2.17. The van der Waals surface area contributed by atoms with Gasteiger partial charge < -0.3 is 15.2 Å². The van der Waals surface area contributed by atoms with Crippen LogP contribution in [0.15, 0.2) is 6.20 Å². The second kappa shape index (κ2) is 3.40. The van der Waals surface area contributed by atoms with Gasteiger partial charge in [0.2, 0.25) is 0 Å². The molecule has 0 bridgehead atoms. The number of aromatic nitrogens is 2. The summed E-state index contributed by atoms with van der Waals surface area (Å²) in [5, 5.41) is 18.3. The zero-order valence-corrected chi connectivity index (χ0v) is 6.93. The number of carboxylic acids is 1. The SMILES string of the molecule is O=C(O)Cn1cc([N+](=O)[O-])nc1Cl. The molecule has 8 heteroatoms. The fourth-order valence-electron chi connectivity index (χ4n) is 0.725. The Bertz CT molecular complexity index is 361. The number of hydrogen-bond donors (Lipinski definition) is 1. The number of nitro groups is 1. The summed E-state index contributed by atoms with van der Waals surface area (Å²) in [5.41, 5.74) is 0. The molecule has 0 atom stereocenters. The van der Waals surface area contributed by atoms with Crippen LogP contribution in [0.1, 0.15) is 0 Å². The van der Waals surface area contributed by atoms with Crippen LogP contribution in [0.3, 0.4) is 0 Å². The minimum absolute atomic E-state index is 0.214. The van der Waals surface area contributed by atoms with E-state index in [0.29, 0.717) is 0 Å². The largest absolute Gasteiger partial charge is 0.480 e. The van der Waals surface area contributed by atoms with Crippen LogP contribution in [-0.4, -0.2) is 25.6 Å². The third kappa shape index (κ3) is 2.15. The lowest BCUT2D eigenvalue weighted by atomic mass is 10.6. The third-order valence-electron chi connectivity index (χ3n) is 1.21. The summed E-state index contributed by atoms with van der Waals surface area (Å²) in [7, 11) is 0. The van der Waals surface area contributed by atoms with Gasteiger partial charge in [0, 0.05) is 0 Å². The van der Waals surface area contributed by atoms with E-state index in [4.69, 9.17) is 16.7 Å². The number of aliphatic carboxylic acids is 1. The molecule has 1 heterocycles. The number of halogens is 1. The Kier molecular flexibility index (Phi) is 2.47. The van der Waals surface area contributed by atoms with Crippen molar-refractivity contribution in [1.29, 1.82) is 0 Å². The number of carboxylic acid groups (broad SMARTS) is 1. The van der Waals surface area contributed by atoms with E-state index in [1.54, 1.807) is 0 Å². The Hall–Kier alpha value is -1.63. The predicted molar refractivity (Wildman–Crippen MR) is 41.5 cm³/mol. The molecule has 1 aromatic heterocycles. The molecule has 1 N–H and O–H groups in total. The smallest absolute Gasteiger partial charge is 0.383 e. The van der Waals surface area contributed by atoms with Crippen molar-refractivity contribution in [2.24, 2.45) is 0 Å². The summed E-state index contributed by atoms with van der Waals surface area (Å²) < 4.78 is 0.974. The van der Waals surface area contributed by atoms with Crippen LogP contribution in [0, 0.1) is 10.1 Å². The van der Waals surface area contributed by atoms with E-state index in [1.165, 1.54) is 0 Å². The summed E-state index contributed by atoms with van der Waals surface area (Å²) in [5.74, 6) is -1.61. The third-order valence-corrected chi connectivity index (χ3v) is 1.51. The molecule has 0 aliphatic carbocycles. The van der Waals surface area contributed by atoms with E-state index in [9.17, 15) is 14.9 Å². The van der Waals surface area contributed by atoms with Gasteiger partial charge in [-0.15, -0.1) is 0 Å². The van der Waals surface area contributed by atoms with Crippen LogP contribution in [0.2, 0.25) is 5.28 Å². The molecule has 13 heavy (non-hydrogen) atoms. The highest BCUT2D eigenvalue weighted by atomic mass is 35.5. The van der Waals surface area contributed by atoms with Crippen molar-refractivity contribution in [3.8, 4) is 0 Å². The van der Waals surface area contributed by atoms with Crippen LogP contribution in [0.5, 0.6) is 0 Å². The van der Waals surface area contributed by atoms with Crippen molar-refractivity contribution in [1.82, 2.24) is 9.55 Å². The first-order valence-corrected chi connectivity index (χ1v) is 3.47. The highest BCUT2D eigenvalue weighted by molar-refractivity contribution is 6.28. The van der Waals surface area contributed by atoms with Crippen molar-refractivity contribution >= 4 is 23.4 Å². The van der Waals surface area contributed by atoms with Gasteiger partial charge in [-0.1, -0.05) is 0 Å². The average Bonchev–Trinajstić information content (AvgIpc) is 2.31. The maximum Gasteiger partial charge on any atom is 0.383 e. The lowest BCUT2D eigenvalue weighted by Crippen LogP contribution is -2.07. The van der Waals surface area contributed by atoms with Gasteiger partial charge in [-0.2, -0.15) is 0 Å². The molecule has 1 rings (SSSR count). The second-order valence-electron chi connectivity index (χ2n) is 2.15. The first kappa shape index (κ1) is 9.46. The lowest BCUT2D eigenvalue weighted by molar-refractivity contribution is -0.389. The van der Waals surface area contributed by atoms with Crippen molar-refractivity contribution in [2.45, 2.75) is 6.54 Å². The summed E-state index contributed by atoms with van der Waals surface area (Å²) in [6.07, 6.45) is 0.969. The van der Waals surface area contributed by atoms with E-state index >= 15 is 0 Å². The standard InChI is InChI=1S/C5H4ClN3O4/c6-5-7-3(9(12)13)1-8(5)2-4(10)11/h1H,2H2,(H,10,11). The Morgan fingerprint density at radius 2 is 2.46 bits per heavy atom. The number of rotatable bonds is 3. The summed E-state index contributed by atoms with van der Waals surface area (Å²) in [4.78, 5) is 23.0. The molecular weight excluding hydrogens is 202 g/mol. The van der Waals surface area contributed by atoms with Gasteiger partial charge in [0.15, 0.2) is 0 Å². The molecule has 0 aromatic carbocycles. The first-order chi connectivity index (χ1) is 6.00. The maximum absolute atomic E-state index is 10.2. The lowest BCUT2D eigenvalue weighted by Gasteiger charge is -1.92. The molecule has 0 spiro atoms. The van der Waals surface area contributed by atoms with Crippen LogP contribution in [0.25, 0.3) is 0 Å². The summed E-state index contributed by atoms with van der Waals surface area (Å²) in [6, 6.07) is 0. The fraction of sp³-hybridized carbons (Fsp3) is 0.200. The molecule has 70 valence electrons. The van der Waals surface area contributed by atoms with Gasteiger partial charge in [-0.25, -0.2) is 0 Å². The molecule has 0 saturated heterocycles. The van der Waals surface area contributed by atoms with Crippen LogP contribution < -0.4 is 0 Å². The molecule has 0 radical (unpaired) electrons. The molecule has 1 aromatic rings. The van der Waals surface area contributed by atoms with Gasteiger partial charge >= 0.3 is 17.1 Å². The maximum atomic E-state index is 10.2. The molecule has 0 aliphatic heterocycles. The van der Waals surface area contributed by atoms with Gasteiger partial charge in [0.25, 0.3) is 0 Å². The molecule has 0 saturated carbocycles.